The highest BCUT2D eigenvalue weighted by Crippen LogP contribution is 2.14. The van der Waals surface area contributed by atoms with Gasteiger partial charge in [-0.3, -0.25) is 9.69 Å². The molecule has 20 heavy (non-hydrogen) atoms. The maximum atomic E-state index is 11.9. The second kappa shape index (κ2) is 8.29. The van der Waals surface area contributed by atoms with Gasteiger partial charge in [0.05, 0.1) is 0 Å². The van der Waals surface area contributed by atoms with E-state index in [1.54, 1.807) is 0 Å². The van der Waals surface area contributed by atoms with Crippen molar-refractivity contribution in [2.24, 2.45) is 0 Å². The predicted molar refractivity (Wildman–Crippen MR) is 81.7 cm³/mol. The van der Waals surface area contributed by atoms with Crippen molar-refractivity contribution in [1.82, 2.24) is 15.5 Å². The number of carbonyl (C=O) groups excluding carboxylic acids is 1. The lowest BCUT2D eigenvalue weighted by molar-refractivity contribution is 0.0918. The monoisotopic (exact) mass is 301 g/mol. The molecule has 2 N–H and O–H groups in total. The Morgan fingerprint density at radius 3 is 2.75 bits per heavy atom. The molecular weight excluding hydrogens is 278 g/mol. The third-order valence-corrected chi connectivity index (χ3v) is 3.49. The molecule has 114 valence electrons. The lowest BCUT2D eigenvalue weighted by Gasteiger charge is -2.26. The third-order valence-electron chi connectivity index (χ3n) is 3.49. The summed E-state index contributed by atoms with van der Waals surface area (Å²) in [7, 11) is 0. The van der Waals surface area contributed by atoms with E-state index in [0.29, 0.717) is 12.3 Å². The van der Waals surface area contributed by atoms with Crippen LogP contribution in [0.15, 0.2) is 10.5 Å². The molecule has 6 heteroatoms. The Morgan fingerprint density at radius 2 is 2.15 bits per heavy atom. The molecular formula is C14H24ClN3O2. The van der Waals surface area contributed by atoms with E-state index in [4.69, 9.17) is 4.42 Å². The molecule has 0 bridgehead atoms. The van der Waals surface area contributed by atoms with Gasteiger partial charge in [0, 0.05) is 45.7 Å². The summed E-state index contributed by atoms with van der Waals surface area (Å²) in [4.78, 5) is 14.3. The molecule has 5 nitrogen and oxygen atoms in total. The van der Waals surface area contributed by atoms with E-state index in [1.165, 1.54) is 0 Å². The maximum absolute atomic E-state index is 11.9. The molecule has 0 atom stereocenters. The van der Waals surface area contributed by atoms with E-state index in [-0.39, 0.29) is 18.3 Å². The molecule has 2 heterocycles. The molecule has 1 aromatic heterocycles. The van der Waals surface area contributed by atoms with Crippen LogP contribution in [0.4, 0.5) is 0 Å². The lowest BCUT2D eigenvalue weighted by Crippen LogP contribution is -2.46. The van der Waals surface area contributed by atoms with Gasteiger partial charge in [0.15, 0.2) is 5.76 Å². The Balaban J connectivity index is 0.00000200. The molecule has 2 rings (SSSR count). The summed E-state index contributed by atoms with van der Waals surface area (Å²) in [5.74, 6) is 1.21. The van der Waals surface area contributed by atoms with Crippen LogP contribution >= 0.6 is 12.4 Å². The smallest absolute Gasteiger partial charge is 0.287 e. The molecule has 0 aliphatic carbocycles. The van der Waals surface area contributed by atoms with Gasteiger partial charge in [0.25, 0.3) is 5.91 Å². The van der Waals surface area contributed by atoms with Crippen molar-refractivity contribution in [3.63, 3.8) is 0 Å². The second-order valence-corrected chi connectivity index (χ2v) is 4.92. The van der Waals surface area contributed by atoms with Gasteiger partial charge in [0.1, 0.15) is 5.76 Å². The average Bonchev–Trinajstić information content (AvgIpc) is 2.81. The standard InChI is InChI=1S/C14H23N3O2.ClH/c1-3-12-11(2)10-13(19-12)14(18)16-6-9-17-7-4-15-5-8-17;/h10,15H,3-9H2,1-2H3,(H,16,18);1H. The first-order valence-corrected chi connectivity index (χ1v) is 7.01. The zero-order valence-electron chi connectivity index (χ0n) is 12.2. The first-order chi connectivity index (χ1) is 9.20. The van der Waals surface area contributed by atoms with Crippen LogP contribution < -0.4 is 10.6 Å². The van der Waals surface area contributed by atoms with Crippen molar-refractivity contribution in [3.05, 3.63) is 23.2 Å². The van der Waals surface area contributed by atoms with Gasteiger partial charge in [-0.15, -0.1) is 12.4 Å². The number of rotatable bonds is 5. The minimum atomic E-state index is -0.113. The van der Waals surface area contributed by atoms with Crippen LogP contribution in [-0.2, 0) is 6.42 Å². The fourth-order valence-corrected chi connectivity index (χ4v) is 2.33. The molecule has 1 fully saturated rings. The van der Waals surface area contributed by atoms with Gasteiger partial charge >= 0.3 is 0 Å². The fourth-order valence-electron chi connectivity index (χ4n) is 2.33. The number of hydrogen-bond acceptors (Lipinski definition) is 4. The molecule has 1 saturated heterocycles. The number of aryl methyl sites for hydroxylation is 2. The second-order valence-electron chi connectivity index (χ2n) is 4.92. The average molecular weight is 302 g/mol. The van der Waals surface area contributed by atoms with E-state index in [1.807, 2.05) is 19.9 Å². The SMILES string of the molecule is CCc1oc(C(=O)NCCN2CCNCC2)cc1C.Cl. The Kier molecular flexibility index (Phi) is 7.05. The summed E-state index contributed by atoms with van der Waals surface area (Å²) in [5.41, 5.74) is 1.05. The van der Waals surface area contributed by atoms with Crippen molar-refractivity contribution >= 4 is 18.3 Å². The lowest BCUT2D eigenvalue weighted by atomic mass is 10.2. The summed E-state index contributed by atoms with van der Waals surface area (Å²) >= 11 is 0. The van der Waals surface area contributed by atoms with Crippen LogP contribution in [0, 0.1) is 6.92 Å². The van der Waals surface area contributed by atoms with E-state index < -0.39 is 0 Å². The molecule has 0 spiro atoms. The van der Waals surface area contributed by atoms with Crippen molar-refractivity contribution in [3.8, 4) is 0 Å². The van der Waals surface area contributed by atoms with Gasteiger partial charge < -0.3 is 15.1 Å². The van der Waals surface area contributed by atoms with Gasteiger partial charge in [-0.1, -0.05) is 6.92 Å². The van der Waals surface area contributed by atoms with Crippen LogP contribution in [0.25, 0.3) is 0 Å². The normalized spacial score (nSPS) is 15.7. The van der Waals surface area contributed by atoms with E-state index >= 15 is 0 Å². The predicted octanol–water partition coefficient (Wildman–Crippen LogP) is 1.21. The minimum Gasteiger partial charge on any atom is -0.456 e. The van der Waals surface area contributed by atoms with E-state index in [0.717, 1.165) is 50.5 Å². The summed E-state index contributed by atoms with van der Waals surface area (Å²) in [6.45, 7) is 9.73. The maximum Gasteiger partial charge on any atom is 0.287 e. The summed E-state index contributed by atoms with van der Waals surface area (Å²) in [6.07, 6.45) is 0.819. The molecule has 0 saturated carbocycles. The number of amides is 1. The van der Waals surface area contributed by atoms with Crippen molar-refractivity contribution in [2.75, 3.05) is 39.3 Å². The molecule has 0 aromatic carbocycles. The van der Waals surface area contributed by atoms with Gasteiger partial charge in [-0.25, -0.2) is 0 Å². The van der Waals surface area contributed by atoms with Crippen molar-refractivity contribution in [1.29, 1.82) is 0 Å². The molecule has 0 unspecified atom stereocenters. The number of hydrogen-bond donors (Lipinski definition) is 2. The van der Waals surface area contributed by atoms with Crippen LogP contribution in [0.2, 0.25) is 0 Å². The number of furan rings is 1. The molecule has 1 aromatic rings. The summed E-state index contributed by atoms with van der Waals surface area (Å²) in [6, 6.07) is 1.82. The number of carbonyl (C=O) groups is 1. The first-order valence-electron chi connectivity index (χ1n) is 7.01. The highest BCUT2D eigenvalue weighted by Gasteiger charge is 2.14. The number of halogens is 1. The van der Waals surface area contributed by atoms with Crippen LogP contribution in [0.1, 0.15) is 28.8 Å². The highest BCUT2D eigenvalue weighted by molar-refractivity contribution is 5.91. The Bertz CT molecular complexity index is 428. The van der Waals surface area contributed by atoms with Crippen molar-refractivity contribution < 1.29 is 9.21 Å². The first kappa shape index (κ1) is 17.0. The molecule has 1 aliphatic rings. The Hall–Kier alpha value is -1.04. The van der Waals surface area contributed by atoms with E-state index in [2.05, 4.69) is 15.5 Å². The summed E-state index contributed by atoms with van der Waals surface area (Å²) in [5, 5.41) is 6.23. The van der Waals surface area contributed by atoms with Gasteiger partial charge in [-0.05, 0) is 18.6 Å². The summed E-state index contributed by atoms with van der Waals surface area (Å²) < 4.78 is 5.53. The fraction of sp³-hybridized carbons (Fsp3) is 0.643. The topological polar surface area (TPSA) is 57.5 Å². The number of piperazine rings is 1. The third kappa shape index (κ3) is 4.51. The molecule has 0 radical (unpaired) electrons. The number of nitrogens with one attached hydrogen (secondary N) is 2. The van der Waals surface area contributed by atoms with Gasteiger partial charge in [0.2, 0.25) is 0 Å². The van der Waals surface area contributed by atoms with Crippen LogP contribution in [0.3, 0.4) is 0 Å². The highest BCUT2D eigenvalue weighted by atomic mass is 35.5. The minimum absolute atomic E-state index is 0. The zero-order chi connectivity index (χ0) is 13.7. The quantitative estimate of drug-likeness (QED) is 0.858. The number of nitrogens with zero attached hydrogens (tertiary/aromatic N) is 1. The molecule has 1 amide bonds. The Morgan fingerprint density at radius 1 is 1.45 bits per heavy atom. The van der Waals surface area contributed by atoms with Crippen LogP contribution in [-0.4, -0.2) is 50.1 Å². The Labute approximate surface area is 126 Å². The van der Waals surface area contributed by atoms with E-state index in [9.17, 15) is 4.79 Å². The zero-order valence-corrected chi connectivity index (χ0v) is 13.0. The van der Waals surface area contributed by atoms with Crippen LogP contribution in [0.5, 0.6) is 0 Å². The van der Waals surface area contributed by atoms with Crippen molar-refractivity contribution in [2.45, 2.75) is 20.3 Å². The molecule has 1 aliphatic heterocycles. The van der Waals surface area contributed by atoms with Gasteiger partial charge in [-0.2, -0.15) is 0 Å². The largest absolute Gasteiger partial charge is 0.456 e.